The maximum absolute atomic E-state index is 11.5. The van der Waals surface area contributed by atoms with Gasteiger partial charge in [0.1, 0.15) is 5.76 Å². The summed E-state index contributed by atoms with van der Waals surface area (Å²) in [6.07, 6.45) is 1.46. The van der Waals surface area contributed by atoms with Gasteiger partial charge in [0, 0.05) is 15.1 Å². The minimum absolute atomic E-state index is 0.369. The number of benzene rings is 1. The van der Waals surface area contributed by atoms with Gasteiger partial charge in [0.25, 0.3) is 5.91 Å². The van der Waals surface area contributed by atoms with E-state index in [1.165, 1.54) is 18.0 Å². The SMILES string of the molecule is NNC(=O)c1ccoc1CSc1cc(Br)ccc1N. The molecule has 5 nitrogen and oxygen atoms in total. The van der Waals surface area contributed by atoms with Crippen molar-refractivity contribution in [3.63, 3.8) is 0 Å². The van der Waals surface area contributed by atoms with E-state index in [1.54, 1.807) is 6.07 Å². The highest BCUT2D eigenvalue weighted by Crippen LogP contribution is 2.31. The molecule has 0 fully saturated rings. The molecule has 0 radical (unpaired) electrons. The molecule has 1 amide bonds. The lowest BCUT2D eigenvalue weighted by molar-refractivity contribution is 0.0952. The van der Waals surface area contributed by atoms with Crippen molar-refractivity contribution in [3.05, 3.63) is 46.3 Å². The molecular formula is C12H12BrN3O2S. The third-order valence-electron chi connectivity index (χ3n) is 2.46. The van der Waals surface area contributed by atoms with E-state index in [4.69, 9.17) is 16.0 Å². The van der Waals surface area contributed by atoms with E-state index in [1.807, 2.05) is 18.2 Å². The Morgan fingerprint density at radius 2 is 2.21 bits per heavy atom. The first-order chi connectivity index (χ1) is 9.11. The molecule has 0 saturated heterocycles. The number of nitrogen functional groups attached to an aromatic ring is 2. The van der Waals surface area contributed by atoms with Gasteiger partial charge in [-0.3, -0.25) is 10.2 Å². The smallest absolute Gasteiger partial charge is 0.268 e. The normalized spacial score (nSPS) is 10.4. The van der Waals surface area contributed by atoms with Crippen molar-refractivity contribution in [2.45, 2.75) is 10.6 Å². The first kappa shape index (κ1) is 14.0. The molecule has 1 heterocycles. The van der Waals surface area contributed by atoms with Crippen LogP contribution in [-0.4, -0.2) is 5.91 Å². The first-order valence-corrected chi connectivity index (χ1v) is 7.15. The second kappa shape index (κ2) is 6.14. The second-order valence-electron chi connectivity index (χ2n) is 3.70. The van der Waals surface area contributed by atoms with Gasteiger partial charge < -0.3 is 10.2 Å². The Hall–Kier alpha value is -1.44. The van der Waals surface area contributed by atoms with Gasteiger partial charge in [-0.05, 0) is 24.3 Å². The van der Waals surface area contributed by atoms with Gasteiger partial charge in [-0.1, -0.05) is 15.9 Å². The number of rotatable bonds is 4. The highest BCUT2D eigenvalue weighted by Gasteiger charge is 2.14. The highest BCUT2D eigenvalue weighted by atomic mass is 79.9. The van der Waals surface area contributed by atoms with Crippen molar-refractivity contribution >= 4 is 39.3 Å². The lowest BCUT2D eigenvalue weighted by atomic mass is 10.2. The summed E-state index contributed by atoms with van der Waals surface area (Å²) < 4.78 is 6.24. The van der Waals surface area contributed by atoms with Crippen molar-refractivity contribution < 1.29 is 9.21 Å². The zero-order valence-corrected chi connectivity index (χ0v) is 12.3. The maximum Gasteiger partial charge on any atom is 0.268 e. The minimum Gasteiger partial charge on any atom is -0.468 e. The Morgan fingerprint density at radius 1 is 1.42 bits per heavy atom. The average molecular weight is 342 g/mol. The molecule has 1 aromatic heterocycles. The number of carbonyl (C=O) groups is 1. The Balaban J connectivity index is 2.13. The number of anilines is 1. The van der Waals surface area contributed by atoms with Crippen LogP contribution in [0.15, 0.2) is 44.3 Å². The number of amides is 1. The molecular weight excluding hydrogens is 330 g/mol. The Bertz CT molecular complexity index is 600. The molecule has 7 heteroatoms. The largest absolute Gasteiger partial charge is 0.468 e. The Labute approximate surface area is 122 Å². The fourth-order valence-electron chi connectivity index (χ4n) is 1.51. The molecule has 19 heavy (non-hydrogen) atoms. The van der Waals surface area contributed by atoms with Crippen molar-refractivity contribution in [2.24, 2.45) is 5.84 Å². The fourth-order valence-corrected chi connectivity index (χ4v) is 2.98. The van der Waals surface area contributed by atoms with Gasteiger partial charge in [-0.15, -0.1) is 11.8 Å². The van der Waals surface area contributed by atoms with Crippen LogP contribution in [0.4, 0.5) is 5.69 Å². The monoisotopic (exact) mass is 341 g/mol. The number of halogens is 1. The molecule has 0 aliphatic carbocycles. The Morgan fingerprint density at radius 3 is 2.95 bits per heavy atom. The van der Waals surface area contributed by atoms with E-state index in [2.05, 4.69) is 21.4 Å². The zero-order chi connectivity index (χ0) is 13.8. The molecule has 0 aliphatic heterocycles. The van der Waals surface area contributed by atoms with Crippen LogP contribution in [0.5, 0.6) is 0 Å². The standard InChI is InChI=1S/C12H12BrN3O2S/c13-7-1-2-9(14)11(5-7)19-6-10-8(3-4-18-10)12(17)16-15/h1-5H,6,14-15H2,(H,16,17). The molecule has 5 N–H and O–H groups in total. The number of furan rings is 1. The molecule has 0 atom stereocenters. The minimum atomic E-state index is -0.369. The third kappa shape index (κ3) is 3.31. The Kier molecular flexibility index (Phi) is 4.52. The van der Waals surface area contributed by atoms with Crippen LogP contribution in [0.2, 0.25) is 0 Å². The third-order valence-corrected chi connectivity index (χ3v) is 4.02. The summed E-state index contributed by atoms with van der Waals surface area (Å²) in [7, 11) is 0. The van der Waals surface area contributed by atoms with Gasteiger partial charge in [-0.25, -0.2) is 5.84 Å². The second-order valence-corrected chi connectivity index (χ2v) is 5.63. The number of carbonyl (C=O) groups excluding carboxylic acids is 1. The van der Waals surface area contributed by atoms with Crippen molar-refractivity contribution in [1.82, 2.24) is 5.43 Å². The predicted octanol–water partition coefficient (Wildman–Crippen LogP) is 2.52. The van der Waals surface area contributed by atoms with E-state index in [0.717, 1.165) is 9.37 Å². The predicted molar refractivity (Wildman–Crippen MR) is 78.5 cm³/mol. The van der Waals surface area contributed by atoms with Crippen LogP contribution in [0.1, 0.15) is 16.1 Å². The quantitative estimate of drug-likeness (QED) is 0.261. The summed E-state index contributed by atoms with van der Waals surface area (Å²) in [6, 6.07) is 7.20. The van der Waals surface area contributed by atoms with Crippen molar-refractivity contribution in [1.29, 1.82) is 0 Å². The topological polar surface area (TPSA) is 94.3 Å². The number of hydrazine groups is 1. The summed E-state index contributed by atoms with van der Waals surface area (Å²) >= 11 is 4.88. The molecule has 100 valence electrons. The first-order valence-electron chi connectivity index (χ1n) is 5.37. The van der Waals surface area contributed by atoms with Crippen LogP contribution in [-0.2, 0) is 5.75 Å². The number of hydrogen-bond acceptors (Lipinski definition) is 5. The van der Waals surface area contributed by atoms with Crippen molar-refractivity contribution in [3.8, 4) is 0 Å². The molecule has 1 aromatic carbocycles. The molecule has 0 unspecified atom stereocenters. The molecule has 0 bridgehead atoms. The number of hydrogen-bond donors (Lipinski definition) is 3. The van der Waals surface area contributed by atoms with E-state index in [0.29, 0.717) is 22.8 Å². The van der Waals surface area contributed by atoms with Crippen LogP contribution in [0.3, 0.4) is 0 Å². The van der Waals surface area contributed by atoms with Crippen LogP contribution in [0, 0.1) is 0 Å². The molecule has 0 saturated carbocycles. The van der Waals surface area contributed by atoms with Crippen LogP contribution in [0.25, 0.3) is 0 Å². The van der Waals surface area contributed by atoms with E-state index < -0.39 is 0 Å². The summed E-state index contributed by atoms with van der Waals surface area (Å²) in [5.74, 6) is 5.80. The van der Waals surface area contributed by atoms with E-state index in [9.17, 15) is 4.79 Å². The molecule has 0 spiro atoms. The van der Waals surface area contributed by atoms with Gasteiger partial charge in [0.2, 0.25) is 0 Å². The lowest BCUT2D eigenvalue weighted by Gasteiger charge is -2.06. The zero-order valence-electron chi connectivity index (χ0n) is 9.85. The summed E-state index contributed by atoms with van der Waals surface area (Å²) in [5.41, 5.74) is 9.09. The molecule has 2 aromatic rings. The average Bonchev–Trinajstić information content (AvgIpc) is 2.87. The van der Waals surface area contributed by atoms with Crippen LogP contribution >= 0.6 is 27.7 Å². The van der Waals surface area contributed by atoms with Gasteiger partial charge in [0.15, 0.2) is 0 Å². The fraction of sp³-hybridized carbons (Fsp3) is 0.0833. The number of thioether (sulfide) groups is 1. The van der Waals surface area contributed by atoms with Gasteiger partial charge in [-0.2, -0.15) is 0 Å². The van der Waals surface area contributed by atoms with Crippen molar-refractivity contribution in [2.75, 3.05) is 5.73 Å². The molecule has 0 aliphatic rings. The summed E-state index contributed by atoms with van der Waals surface area (Å²) in [4.78, 5) is 12.4. The summed E-state index contributed by atoms with van der Waals surface area (Å²) in [6.45, 7) is 0. The molecule has 2 rings (SSSR count). The number of nitrogens with two attached hydrogens (primary N) is 2. The highest BCUT2D eigenvalue weighted by molar-refractivity contribution is 9.10. The summed E-state index contributed by atoms with van der Waals surface area (Å²) in [5, 5.41) is 0. The van der Waals surface area contributed by atoms with Crippen LogP contribution < -0.4 is 17.0 Å². The van der Waals surface area contributed by atoms with E-state index >= 15 is 0 Å². The maximum atomic E-state index is 11.5. The lowest BCUT2D eigenvalue weighted by Crippen LogP contribution is -2.30. The van der Waals surface area contributed by atoms with Gasteiger partial charge >= 0.3 is 0 Å². The van der Waals surface area contributed by atoms with E-state index in [-0.39, 0.29) is 5.91 Å². The number of nitrogens with one attached hydrogen (secondary N) is 1. The van der Waals surface area contributed by atoms with Gasteiger partial charge in [0.05, 0.1) is 17.6 Å².